The van der Waals surface area contributed by atoms with Gasteiger partial charge in [-0.15, -0.1) is 13.2 Å². The number of imide groups is 1. The number of aryl methyl sites for hydroxylation is 1. The highest BCUT2D eigenvalue weighted by atomic mass is 19.4. The fourth-order valence-electron chi connectivity index (χ4n) is 9.77. The maximum Gasteiger partial charge on any atom is 0.573 e. The van der Waals surface area contributed by atoms with E-state index in [9.17, 15) is 32.7 Å². The molecule has 4 aromatic rings. The number of hydrogen-bond donors (Lipinski definition) is 2. The molecule has 1 aliphatic carbocycles. The number of piperidine rings is 2. The first kappa shape index (κ1) is 39.6. The third-order valence-electron chi connectivity index (χ3n) is 12.9. The summed E-state index contributed by atoms with van der Waals surface area (Å²) in [6.07, 6.45) is 0.392. The van der Waals surface area contributed by atoms with Gasteiger partial charge in [-0.25, -0.2) is 0 Å². The first-order valence-electron chi connectivity index (χ1n) is 21.0. The standard InChI is InChI=1S/C47H48F3N5O5/c48-47(49,50)60-38-12-6-31(7-13-38)39-3-1-2-33-27-37(56)11-15-40(33)44(39)32-4-8-35(9-5-32)53-20-18-30(19-21-53)28-52-22-24-54(25-23-52)36-10-14-41-34(26-36)29-55(46(41)59)42-16-17-43(57)51-45(42)58/h4-15,26-27,30,42,56H,1-3,16-25,28-29H2,(H,51,57,58). The number of carbonyl (C=O) groups is 3. The monoisotopic (exact) mass is 819 g/mol. The van der Waals surface area contributed by atoms with Crippen molar-refractivity contribution in [2.75, 3.05) is 55.6 Å². The summed E-state index contributed by atoms with van der Waals surface area (Å²) in [6, 6.07) is 25.6. The number of hydrogen-bond acceptors (Lipinski definition) is 8. The lowest BCUT2D eigenvalue weighted by molar-refractivity contribution is -0.274. The number of nitrogens with zero attached hydrogens (tertiary/aromatic N) is 4. The Morgan fingerprint density at radius 2 is 1.38 bits per heavy atom. The van der Waals surface area contributed by atoms with E-state index in [2.05, 4.69) is 55.1 Å². The first-order chi connectivity index (χ1) is 29.0. The molecule has 1 atom stereocenters. The molecule has 13 heteroatoms. The Kier molecular flexibility index (Phi) is 10.8. The van der Waals surface area contributed by atoms with E-state index in [1.807, 2.05) is 24.3 Å². The second-order valence-electron chi connectivity index (χ2n) is 16.6. The zero-order valence-corrected chi connectivity index (χ0v) is 33.3. The van der Waals surface area contributed by atoms with Crippen LogP contribution in [0.5, 0.6) is 11.5 Å². The van der Waals surface area contributed by atoms with Crippen LogP contribution in [0.25, 0.3) is 11.1 Å². The van der Waals surface area contributed by atoms with Gasteiger partial charge in [0, 0.05) is 75.7 Å². The summed E-state index contributed by atoms with van der Waals surface area (Å²) in [6.45, 7) is 7.11. The largest absolute Gasteiger partial charge is 0.573 e. The topological polar surface area (TPSA) is 106 Å². The molecule has 3 fully saturated rings. The van der Waals surface area contributed by atoms with Gasteiger partial charge in [-0.2, -0.15) is 0 Å². The number of aromatic hydroxyl groups is 1. The van der Waals surface area contributed by atoms with Crippen molar-refractivity contribution >= 4 is 40.2 Å². The average molecular weight is 820 g/mol. The van der Waals surface area contributed by atoms with E-state index in [0.29, 0.717) is 24.4 Å². The number of carbonyl (C=O) groups excluding carboxylic acids is 3. The van der Waals surface area contributed by atoms with Gasteiger partial charge in [0.25, 0.3) is 5.91 Å². The summed E-state index contributed by atoms with van der Waals surface area (Å²) in [7, 11) is 0. The van der Waals surface area contributed by atoms with Crippen LogP contribution in [0, 0.1) is 5.92 Å². The highest BCUT2D eigenvalue weighted by Gasteiger charge is 2.39. The lowest BCUT2D eigenvalue weighted by atomic mass is 9.87. The Morgan fingerprint density at radius 3 is 2.10 bits per heavy atom. The summed E-state index contributed by atoms with van der Waals surface area (Å²) >= 11 is 0. The molecule has 4 heterocycles. The number of rotatable bonds is 8. The van der Waals surface area contributed by atoms with E-state index in [1.54, 1.807) is 23.1 Å². The molecule has 5 aliphatic rings. The first-order valence-corrected chi connectivity index (χ1v) is 21.0. The van der Waals surface area contributed by atoms with Crippen LogP contribution in [0.4, 0.5) is 24.5 Å². The molecule has 0 aromatic heterocycles. The molecule has 10 nitrogen and oxygen atoms in total. The van der Waals surface area contributed by atoms with Crippen molar-refractivity contribution in [1.82, 2.24) is 15.1 Å². The molecular weight excluding hydrogens is 772 g/mol. The number of phenolic OH excluding ortho intramolecular Hbond substituents is 1. The van der Waals surface area contributed by atoms with Crippen molar-refractivity contribution in [3.8, 4) is 11.5 Å². The molecule has 3 saturated heterocycles. The van der Waals surface area contributed by atoms with Crippen LogP contribution in [0.3, 0.4) is 0 Å². The molecule has 0 radical (unpaired) electrons. The quantitative estimate of drug-likeness (QED) is 0.178. The van der Waals surface area contributed by atoms with E-state index in [1.165, 1.54) is 12.1 Å². The van der Waals surface area contributed by atoms with Gasteiger partial charge in [-0.1, -0.05) is 30.3 Å². The number of fused-ring (bicyclic) bond motifs is 2. The third kappa shape index (κ3) is 8.32. The summed E-state index contributed by atoms with van der Waals surface area (Å²) in [4.78, 5) is 46.3. The normalized spacial score (nSPS) is 20.6. The zero-order valence-electron chi connectivity index (χ0n) is 33.3. The molecule has 312 valence electrons. The third-order valence-corrected chi connectivity index (χ3v) is 12.9. The predicted molar refractivity (Wildman–Crippen MR) is 223 cm³/mol. The van der Waals surface area contributed by atoms with Crippen LogP contribution < -0.4 is 19.9 Å². The van der Waals surface area contributed by atoms with Crippen LogP contribution in [-0.4, -0.2) is 90.8 Å². The highest BCUT2D eigenvalue weighted by Crippen LogP contribution is 2.42. The Morgan fingerprint density at radius 1 is 0.700 bits per heavy atom. The maximum atomic E-state index is 13.2. The molecular formula is C47H48F3N5O5. The van der Waals surface area contributed by atoms with Gasteiger partial charge in [-0.3, -0.25) is 24.6 Å². The number of alkyl halides is 3. The molecule has 9 rings (SSSR count). The minimum atomic E-state index is -4.76. The Labute approximate surface area is 347 Å². The second kappa shape index (κ2) is 16.3. The number of halogens is 3. The van der Waals surface area contributed by atoms with Crippen molar-refractivity contribution in [3.63, 3.8) is 0 Å². The number of phenols is 1. The van der Waals surface area contributed by atoms with Crippen molar-refractivity contribution in [2.45, 2.75) is 63.9 Å². The van der Waals surface area contributed by atoms with E-state index >= 15 is 0 Å². The fraction of sp³-hybridized carbons (Fsp3) is 0.383. The average Bonchev–Trinajstić information content (AvgIpc) is 3.43. The SMILES string of the molecule is O=C1CCC(N2Cc3cc(N4CCN(CC5CCN(c6ccc(C7=C(c8ccc(OC(F)(F)F)cc8)CCCc8cc(O)ccc87)cc6)CC5)CC4)ccc3C2=O)C(=O)N1. The van der Waals surface area contributed by atoms with Crippen LogP contribution in [0.2, 0.25) is 0 Å². The molecule has 2 N–H and O–H groups in total. The number of ether oxygens (including phenoxy) is 1. The second-order valence-corrected chi connectivity index (χ2v) is 16.6. The molecule has 0 saturated carbocycles. The van der Waals surface area contributed by atoms with Crippen LogP contribution in [-0.2, 0) is 22.6 Å². The molecule has 3 amide bonds. The molecule has 60 heavy (non-hydrogen) atoms. The number of amides is 3. The number of nitrogens with one attached hydrogen (secondary N) is 1. The van der Waals surface area contributed by atoms with Gasteiger partial charge in [0.1, 0.15) is 17.5 Å². The van der Waals surface area contributed by atoms with Gasteiger partial charge in [0.15, 0.2) is 0 Å². The van der Waals surface area contributed by atoms with Crippen molar-refractivity contribution in [2.24, 2.45) is 5.92 Å². The van der Waals surface area contributed by atoms with Gasteiger partial charge < -0.3 is 24.5 Å². The number of benzene rings is 4. The van der Waals surface area contributed by atoms with E-state index in [4.69, 9.17) is 0 Å². The van der Waals surface area contributed by atoms with Crippen LogP contribution in [0.1, 0.15) is 76.7 Å². The molecule has 1 unspecified atom stereocenters. The summed E-state index contributed by atoms with van der Waals surface area (Å²) in [5.74, 6) is -0.267. The van der Waals surface area contributed by atoms with E-state index < -0.39 is 18.3 Å². The van der Waals surface area contributed by atoms with Crippen molar-refractivity contribution in [3.05, 3.63) is 118 Å². The fourth-order valence-corrected chi connectivity index (χ4v) is 9.77. The predicted octanol–water partition coefficient (Wildman–Crippen LogP) is 7.39. The number of piperazine rings is 1. The van der Waals surface area contributed by atoms with Gasteiger partial charge in [0.05, 0.1) is 0 Å². The van der Waals surface area contributed by atoms with Crippen molar-refractivity contribution in [1.29, 1.82) is 0 Å². The van der Waals surface area contributed by atoms with Gasteiger partial charge in [0.2, 0.25) is 11.8 Å². The molecule has 4 aliphatic heterocycles. The molecule has 4 aromatic carbocycles. The number of allylic oxidation sites excluding steroid dienone is 1. The lowest BCUT2D eigenvalue weighted by Crippen LogP contribution is -2.52. The van der Waals surface area contributed by atoms with Crippen LogP contribution >= 0.6 is 0 Å². The Balaban J connectivity index is 0.810. The summed E-state index contributed by atoms with van der Waals surface area (Å²) in [5, 5.41) is 12.7. The van der Waals surface area contributed by atoms with Crippen LogP contribution in [0.15, 0.2) is 84.9 Å². The minimum absolute atomic E-state index is 0.150. The van der Waals surface area contributed by atoms with Crippen molar-refractivity contribution < 1.29 is 37.4 Å². The summed E-state index contributed by atoms with van der Waals surface area (Å²) in [5.41, 5.74) is 9.83. The maximum absolute atomic E-state index is 13.2. The van der Waals surface area contributed by atoms with Gasteiger partial charge in [-0.05, 0) is 138 Å². The highest BCUT2D eigenvalue weighted by molar-refractivity contribution is 6.05. The molecule has 0 bridgehead atoms. The van der Waals surface area contributed by atoms with E-state index in [0.717, 1.165) is 128 Å². The van der Waals surface area contributed by atoms with E-state index in [-0.39, 0.29) is 29.7 Å². The summed E-state index contributed by atoms with van der Waals surface area (Å²) < 4.78 is 42.8. The zero-order chi connectivity index (χ0) is 41.5. The Bertz CT molecular complexity index is 2310. The van der Waals surface area contributed by atoms with Gasteiger partial charge >= 0.3 is 6.36 Å². The Hall–Kier alpha value is -5.82. The number of anilines is 2. The lowest BCUT2D eigenvalue weighted by Gasteiger charge is -2.40. The smallest absolute Gasteiger partial charge is 0.508 e. The molecule has 0 spiro atoms. The minimum Gasteiger partial charge on any atom is -0.508 e.